The predicted octanol–water partition coefficient (Wildman–Crippen LogP) is 8.84. The highest BCUT2D eigenvalue weighted by Gasteiger charge is 2.39. The molecule has 4 N–H and O–H groups in total. The molecule has 2 heterocycles. The highest BCUT2D eigenvalue weighted by atomic mass is 79.9. The van der Waals surface area contributed by atoms with E-state index in [1.165, 1.54) is 12.0 Å². The molecule has 0 spiro atoms. The van der Waals surface area contributed by atoms with Crippen LogP contribution in [0.4, 0.5) is 13.2 Å². The van der Waals surface area contributed by atoms with Gasteiger partial charge in [-0.05, 0) is 129 Å². The van der Waals surface area contributed by atoms with E-state index in [1.807, 2.05) is 91.9 Å². The summed E-state index contributed by atoms with van der Waals surface area (Å²) in [6.07, 6.45) is -5.04. The van der Waals surface area contributed by atoms with E-state index >= 15 is 0 Å². The normalized spacial score (nSPS) is 14.6. The van der Waals surface area contributed by atoms with Crippen molar-refractivity contribution in [2.45, 2.75) is 39.5 Å². The second-order valence-corrected chi connectivity index (χ2v) is 20.6. The van der Waals surface area contributed by atoms with E-state index in [1.54, 1.807) is 94.7 Å². The fourth-order valence-corrected chi connectivity index (χ4v) is 9.59. The third kappa shape index (κ3) is 18.5. The van der Waals surface area contributed by atoms with Gasteiger partial charge < -0.3 is 50.1 Å². The number of rotatable bonds is 14. The molecule has 2 unspecified atom stereocenters. The largest absolute Gasteiger partial charge is 0.497 e. The molecule has 2 aliphatic heterocycles. The first-order valence-corrected chi connectivity index (χ1v) is 27.5. The number of nitrogens with zero attached hydrogens (tertiary/aromatic N) is 4. The Morgan fingerprint density at radius 1 is 0.524 bits per heavy atom. The number of aliphatic carboxylic acids is 1. The third-order valence-electron chi connectivity index (χ3n) is 13.3. The van der Waals surface area contributed by atoms with Crippen LogP contribution in [0.25, 0.3) is 22.3 Å². The number of hydrogen-bond donors (Lipinski definition) is 4. The number of nitrogens with one attached hydrogen (secondary N) is 3. The molecule has 444 valence electrons. The molecule has 2 saturated heterocycles. The number of piperazine rings is 2. The molecule has 7 amide bonds. The number of carboxylic acids is 1. The topological polar surface area (TPSA) is 224 Å². The van der Waals surface area contributed by atoms with Crippen molar-refractivity contribution in [2.24, 2.45) is 0 Å². The number of halogens is 5. The first-order chi connectivity index (χ1) is 39.6. The maximum atomic E-state index is 13.1. The smallest absolute Gasteiger partial charge is 0.471 e. The molecule has 6 aromatic carbocycles. The average molecular weight is 1290 g/mol. The van der Waals surface area contributed by atoms with Crippen molar-refractivity contribution in [1.29, 1.82) is 0 Å². The van der Waals surface area contributed by atoms with Crippen LogP contribution in [0.1, 0.15) is 62.7 Å². The van der Waals surface area contributed by atoms with Crippen LogP contribution in [0.2, 0.25) is 0 Å². The summed E-state index contributed by atoms with van der Waals surface area (Å²) in [7, 11) is 3.05. The fraction of sp³-hybridized carbons (Fsp3) is 0.279. The number of carboxylic acid groups (broad SMARTS) is 1. The highest BCUT2D eigenvalue weighted by Crippen LogP contribution is 2.28. The van der Waals surface area contributed by atoms with Gasteiger partial charge in [0.25, 0.3) is 23.6 Å². The van der Waals surface area contributed by atoms with Gasteiger partial charge in [-0.2, -0.15) is 13.2 Å². The number of methoxy groups -OCH3 is 2. The maximum Gasteiger partial charge on any atom is 0.471 e. The Balaban J connectivity index is 0.000000240. The minimum absolute atomic E-state index is 0. The lowest BCUT2D eigenvalue weighted by atomic mass is 10.0. The van der Waals surface area contributed by atoms with E-state index in [4.69, 9.17) is 14.6 Å². The number of alkyl halides is 3. The molecule has 0 saturated carbocycles. The Kier molecular flexibility index (Phi) is 24.6. The van der Waals surface area contributed by atoms with E-state index in [2.05, 4.69) is 42.5 Å². The van der Waals surface area contributed by atoms with Gasteiger partial charge in [-0.25, -0.2) is 0 Å². The van der Waals surface area contributed by atoms with Crippen molar-refractivity contribution < 1.29 is 66.1 Å². The zero-order valence-electron chi connectivity index (χ0n) is 45.6. The summed E-state index contributed by atoms with van der Waals surface area (Å²) in [6, 6.07) is 43.8. The number of hydrogen-bond acceptors (Lipinski definition) is 10. The van der Waals surface area contributed by atoms with Gasteiger partial charge in [0, 0.05) is 71.4 Å². The van der Waals surface area contributed by atoms with Gasteiger partial charge >= 0.3 is 18.1 Å². The first kappa shape index (κ1) is 66.2. The molecular weight excluding hydrogens is 1220 g/mol. The molecule has 0 bridgehead atoms. The Labute approximate surface area is 501 Å². The van der Waals surface area contributed by atoms with Crippen molar-refractivity contribution in [3.8, 4) is 33.8 Å². The Morgan fingerprint density at radius 2 is 0.881 bits per heavy atom. The van der Waals surface area contributed by atoms with Gasteiger partial charge in [-0.1, -0.05) is 92.4 Å². The Hall–Kier alpha value is -8.57. The lowest BCUT2D eigenvalue weighted by Crippen LogP contribution is -2.57. The molecule has 2 atom stereocenters. The van der Waals surface area contributed by atoms with Crippen LogP contribution in [-0.2, 0) is 19.2 Å². The van der Waals surface area contributed by atoms with E-state index in [-0.39, 0.29) is 81.8 Å². The second-order valence-electron chi connectivity index (χ2n) is 18.9. The maximum absolute atomic E-state index is 13.1. The molecule has 0 radical (unpaired) electrons. The van der Waals surface area contributed by atoms with E-state index < -0.39 is 30.5 Å². The van der Waals surface area contributed by atoms with Crippen molar-refractivity contribution in [3.05, 3.63) is 177 Å². The van der Waals surface area contributed by atoms with Crippen LogP contribution in [0.15, 0.2) is 155 Å². The lowest BCUT2D eigenvalue weighted by Gasteiger charge is -2.40. The zero-order valence-corrected chi connectivity index (χ0v) is 48.8. The Morgan fingerprint density at radius 3 is 1.23 bits per heavy atom. The molecule has 8 rings (SSSR count). The molecule has 23 heteroatoms. The summed E-state index contributed by atoms with van der Waals surface area (Å²) >= 11 is 6.78. The van der Waals surface area contributed by atoms with Gasteiger partial charge in [0.05, 0.1) is 38.4 Å². The minimum Gasteiger partial charge on any atom is -0.497 e. The van der Waals surface area contributed by atoms with Crippen molar-refractivity contribution in [3.63, 3.8) is 0 Å². The zero-order chi connectivity index (χ0) is 60.4. The summed E-state index contributed by atoms with van der Waals surface area (Å²) in [5, 5.41) is 15.1. The van der Waals surface area contributed by atoms with Crippen LogP contribution in [0.3, 0.4) is 0 Å². The van der Waals surface area contributed by atoms with Crippen molar-refractivity contribution >= 4 is 79.2 Å². The van der Waals surface area contributed by atoms with Crippen LogP contribution in [0.5, 0.6) is 11.5 Å². The van der Waals surface area contributed by atoms with E-state index in [0.717, 1.165) is 22.3 Å². The minimum atomic E-state index is -5.04. The number of carbonyl (C=O) groups excluding carboxylic acids is 7. The molecule has 0 aliphatic carbocycles. The lowest BCUT2D eigenvalue weighted by molar-refractivity contribution is -0.174. The van der Waals surface area contributed by atoms with Gasteiger partial charge in [0.1, 0.15) is 18.0 Å². The van der Waals surface area contributed by atoms with Gasteiger partial charge in [0.2, 0.25) is 11.8 Å². The molecule has 6 aromatic rings. The number of benzene rings is 6. The molecular formula is C61H64Br2F3N7O11. The SMILES string of the molecule is C.COc1ccc(Br)c(C(=O)N2CCN(C(=O)CNC(=O)C(F)(F)F)CC2C)c1.COc1ccc(Br)c(C(=O)N2CCN(C(=O)CNC(=O)c3ccc(-c4ccccc4)cc3)CC2C)c1.O=C(O)CNC(=O)c1ccc(-c2ccccc2)cc1. The van der Waals surface area contributed by atoms with Crippen LogP contribution in [-0.4, -0.2) is 163 Å². The quantitative estimate of drug-likeness (QED) is 0.0806. The summed E-state index contributed by atoms with van der Waals surface area (Å²) in [5.41, 5.74) is 6.04. The number of amides is 7. The summed E-state index contributed by atoms with van der Waals surface area (Å²) in [5.74, 6) is -3.97. The monoisotopic (exact) mass is 1290 g/mol. The van der Waals surface area contributed by atoms with Gasteiger partial charge in [-0.3, -0.25) is 38.4 Å². The Bertz CT molecular complexity index is 3270. The average Bonchev–Trinajstić information content (AvgIpc) is 3.13. The molecule has 2 fully saturated rings. The van der Waals surface area contributed by atoms with Gasteiger partial charge in [0.15, 0.2) is 0 Å². The van der Waals surface area contributed by atoms with Crippen LogP contribution >= 0.6 is 31.9 Å². The molecule has 0 aromatic heterocycles. The summed E-state index contributed by atoms with van der Waals surface area (Å²) in [6.45, 7) is 4.14. The van der Waals surface area contributed by atoms with E-state index in [0.29, 0.717) is 62.3 Å². The fourth-order valence-electron chi connectivity index (χ4n) is 8.76. The standard InChI is InChI=1S/C28H28BrN3O4.C17H19BrF3N3O4.C15H13NO3.CH4/c1-19-18-31(14-15-32(19)28(35)24-16-23(36-2)12-13-25(24)29)26(33)17-30-27(34)22-10-8-21(9-11-22)20-6-4-3-5-7-20;1-10-9-23(14(25)8-22-16(27)17(19,20)21)5-6-24(10)15(26)12-7-11(28-2)3-4-13(12)18;17-14(18)10-16-15(19)13-8-6-12(7-9-13)11-4-2-1-3-5-11;/h3-13,16,19H,14-15,17-18H2,1-2H3,(H,30,34);3-4,7,10H,5-6,8-9H2,1-2H3,(H,22,27);1-9H,10H2,(H,16,19)(H,17,18);1H4. The first-order valence-electron chi connectivity index (χ1n) is 25.9. The van der Waals surface area contributed by atoms with Crippen LogP contribution < -0.4 is 25.4 Å². The van der Waals surface area contributed by atoms with Gasteiger partial charge in [-0.15, -0.1) is 0 Å². The second kappa shape index (κ2) is 31.2. The number of carbonyl (C=O) groups is 8. The predicted molar refractivity (Wildman–Crippen MR) is 317 cm³/mol. The highest BCUT2D eigenvalue weighted by molar-refractivity contribution is 9.10. The summed E-state index contributed by atoms with van der Waals surface area (Å²) < 4.78 is 48.3. The van der Waals surface area contributed by atoms with Crippen molar-refractivity contribution in [1.82, 2.24) is 35.6 Å². The molecule has 18 nitrogen and oxygen atoms in total. The molecule has 2 aliphatic rings. The van der Waals surface area contributed by atoms with E-state index in [9.17, 15) is 51.5 Å². The van der Waals surface area contributed by atoms with Crippen LogP contribution in [0, 0.1) is 0 Å². The third-order valence-corrected chi connectivity index (χ3v) is 14.6. The molecule has 84 heavy (non-hydrogen) atoms. The number of ether oxygens (including phenoxy) is 2. The summed E-state index contributed by atoms with van der Waals surface area (Å²) in [4.78, 5) is 103. The van der Waals surface area contributed by atoms with Crippen molar-refractivity contribution in [2.75, 3.05) is 73.1 Å².